The third-order valence-electron chi connectivity index (χ3n) is 3.97. The van der Waals surface area contributed by atoms with Crippen molar-refractivity contribution < 1.29 is 9.59 Å². The molecule has 120 valence electrons. The highest BCUT2D eigenvalue weighted by atomic mass is 16.2. The van der Waals surface area contributed by atoms with Gasteiger partial charge in [0.1, 0.15) is 5.69 Å². The Balaban J connectivity index is 1.75. The average Bonchev–Trinajstić information content (AvgIpc) is 3.32. The topological polar surface area (TPSA) is 78.1 Å². The van der Waals surface area contributed by atoms with E-state index < -0.39 is 0 Å². The summed E-state index contributed by atoms with van der Waals surface area (Å²) >= 11 is 0. The molecule has 0 bridgehead atoms. The van der Waals surface area contributed by atoms with Crippen molar-refractivity contribution in [3.05, 3.63) is 52.8 Å². The van der Waals surface area contributed by atoms with Crippen LogP contribution in [0.25, 0.3) is 0 Å². The van der Waals surface area contributed by atoms with Gasteiger partial charge < -0.3 is 10.2 Å². The van der Waals surface area contributed by atoms with Crippen molar-refractivity contribution in [1.82, 2.24) is 20.4 Å². The zero-order valence-electron chi connectivity index (χ0n) is 13.3. The maximum atomic E-state index is 12.6. The van der Waals surface area contributed by atoms with E-state index in [0.717, 1.165) is 24.1 Å². The van der Waals surface area contributed by atoms with Crippen LogP contribution in [0.15, 0.2) is 30.3 Å². The number of hydrogen-bond acceptors (Lipinski definition) is 3. The van der Waals surface area contributed by atoms with Gasteiger partial charge in [0.25, 0.3) is 11.8 Å². The van der Waals surface area contributed by atoms with E-state index in [0.29, 0.717) is 17.8 Å². The number of H-pyrrole nitrogens is 1. The van der Waals surface area contributed by atoms with Crippen molar-refractivity contribution in [3.8, 4) is 0 Å². The predicted molar refractivity (Wildman–Crippen MR) is 86.1 cm³/mol. The van der Waals surface area contributed by atoms with Gasteiger partial charge in [0.05, 0.1) is 0 Å². The van der Waals surface area contributed by atoms with E-state index in [-0.39, 0.29) is 17.9 Å². The number of benzene rings is 1. The highest BCUT2D eigenvalue weighted by Gasteiger charge is 2.33. The lowest BCUT2D eigenvalue weighted by molar-refractivity contribution is 0.0723. The van der Waals surface area contributed by atoms with Crippen LogP contribution in [0.4, 0.5) is 0 Å². The van der Waals surface area contributed by atoms with E-state index in [4.69, 9.17) is 0 Å². The molecule has 2 N–H and O–H groups in total. The van der Waals surface area contributed by atoms with Crippen LogP contribution in [0.1, 0.15) is 44.9 Å². The first-order valence-corrected chi connectivity index (χ1v) is 7.72. The Morgan fingerprint density at radius 1 is 1.30 bits per heavy atom. The number of carbonyl (C=O) groups excluding carboxylic acids is 2. The van der Waals surface area contributed by atoms with E-state index in [1.807, 2.05) is 24.0 Å². The third kappa shape index (κ3) is 3.41. The summed E-state index contributed by atoms with van der Waals surface area (Å²) in [6.45, 7) is 2.41. The molecule has 1 aromatic carbocycles. The summed E-state index contributed by atoms with van der Waals surface area (Å²) in [7, 11) is 1.61. The van der Waals surface area contributed by atoms with Gasteiger partial charge in [-0.05, 0) is 43.5 Å². The van der Waals surface area contributed by atoms with Crippen molar-refractivity contribution in [1.29, 1.82) is 0 Å². The molecule has 2 aromatic rings. The van der Waals surface area contributed by atoms with Crippen LogP contribution in [0, 0.1) is 6.92 Å². The van der Waals surface area contributed by atoms with Gasteiger partial charge in [0.2, 0.25) is 0 Å². The molecule has 1 aliphatic carbocycles. The van der Waals surface area contributed by atoms with E-state index in [1.54, 1.807) is 25.2 Å². The van der Waals surface area contributed by atoms with E-state index in [2.05, 4.69) is 15.5 Å². The second-order valence-electron chi connectivity index (χ2n) is 5.88. The van der Waals surface area contributed by atoms with Crippen molar-refractivity contribution in [2.45, 2.75) is 32.4 Å². The number of aryl methyl sites for hydroxylation is 1. The SMILES string of the molecule is CNC(=O)c1ccc(CN(C(=O)c2cc(C)[nH]n2)C2CC2)cc1. The second kappa shape index (κ2) is 6.24. The lowest BCUT2D eigenvalue weighted by Gasteiger charge is -2.21. The van der Waals surface area contributed by atoms with Crippen LogP contribution >= 0.6 is 0 Å². The number of hydrogen-bond donors (Lipinski definition) is 2. The fraction of sp³-hybridized carbons (Fsp3) is 0.353. The van der Waals surface area contributed by atoms with Gasteiger partial charge in [-0.1, -0.05) is 12.1 Å². The van der Waals surface area contributed by atoms with E-state index in [1.165, 1.54) is 0 Å². The van der Waals surface area contributed by atoms with Gasteiger partial charge in [0, 0.05) is 30.9 Å². The molecule has 6 nitrogen and oxygen atoms in total. The summed E-state index contributed by atoms with van der Waals surface area (Å²) in [5.41, 5.74) is 2.95. The monoisotopic (exact) mass is 312 g/mol. The smallest absolute Gasteiger partial charge is 0.274 e. The fourth-order valence-electron chi connectivity index (χ4n) is 2.53. The molecule has 0 radical (unpaired) electrons. The number of aromatic nitrogens is 2. The van der Waals surface area contributed by atoms with Gasteiger partial charge >= 0.3 is 0 Å². The Labute approximate surface area is 134 Å². The number of nitrogens with zero attached hydrogens (tertiary/aromatic N) is 2. The number of nitrogens with one attached hydrogen (secondary N) is 2. The maximum absolute atomic E-state index is 12.6. The van der Waals surface area contributed by atoms with Crippen LogP contribution in [0.2, 0.25) is 0 Å². The van der Waals surface area contributed by atoms with E-state index >= 15 is 0 Å². The van der Waals surface area contributed by atoms with E-state index in [9.17, 15) is 9.59 Å². The molecule has 1 aromatic heterocycles. The highest BCUT2D eigenvalue weighted by Crippen LogP contribution is 2.29. The molecule has 1 heterocycles. The minimum absolute atomic E-state index is 0.0489. The molecule has 6 heteroatoms. The molecule has 1 saturated carbocycles. The molecule has 1 aliphatic rings. The zero-order valence-corrected chi connectivity index (χ0v) is 13.3. The molecule has 0 spiro atoms. The molecule has 23 heavy (non-hydrogen) atoms. The van der Waals surface area contributed by atoms with Gasteiger partial charge in [-0.3, -0.25) is 14.7 Å². The molecule has 1 fully saturated rings. The molecule has 0 aliphatic heterocycles. The molecule has 0 saturated heterocycles. The van der Waals surface area contributed by atoms with Gasteiger partial charge in [0.15, 0.2) is 0 Å². The Bertz CT molecular complexity index is 716. The lowest BCUT2D eigenvalue weighted by atomic mass is 10.1. The van der Waals surface area contributed by atoms with Gasteiger partial charge in [-0.2, -0.15) is 5.10 Å². The summed E-state index contributed by atoms with van der Waals surface area (Å²) in [4.78, 5) is 26.1. The first kappa shape index (κ1) is 15.3. The van der Waals surface area contributed by atoms with Crippen LogP contribution in [-0.4, -0.2) is 40.0 Å². The molecule has 2 amide bonds. The van der Waals surface area contributed by atoms with Crippen LogP contribution in [0.3, 0.4) is 0 Å². The first-order valence-electron chi connectivity index (χ1n) is 7.72. The Kier molecular flexibility index (Phi) is 4.14. The highest BCUT2D eigenvalue weighted by molar-refractivity contribution is 5.94. The van der Waals surface area contributed by atoms with Crippen LogP contribution in [0.5, 0.6) is 0 Å². The normalized spacial score (nSPS) is 13.7. The first-order chi connectivity index (χ1) is 11.1. The van der Waals surface area contributed by atoms with Gasteiger partial charge in [-0.25, -0.2) is 0 Å². The third-order valence-corrected chi connectivity index (χ3v) is 3.97. The molecule has 0 unspecified atom stereocenters. The minimum atomic E-state index is -0.112. The summed E-state index contributed by atoms with van der Waals surface area (Å²) in [5.74, 6) is -0.161. The number of amides is 2. The lowest BCUT2D eigenvalue weighted by Crippen LogP contribution is -2.32. The number of aromatic amines is 1. The van der Waals surface area contributed by atoms with Crippen LogP contribution < -0.4 is 5.32 Å². The summed E-state index contributed by atoms with van der Waals surface area (Å²) in [6.07, 6.45) is 2.07. The number of rotatable bonds is 5. The number of carbonyl (C=O) groups is 2. The minimum Gasteiger partial charge on any atom is -0.355 e. The Hall–Kier alpha value is -2.63. The summed E-state index contributed by atoms with van der Waals surface area (Å²) in [5, 5.41) is 9.48. The summed E-state index contributed by atoms with van der Waals surface area (Å²) < 4.78 is 0. The quantitative estimate of drug-likeness (QED) is 0.885. The van der Waals surface area contributed by atoms with Crippen molar-refractivity contribution in [2.75, 3.05) is 7.05 Å². The predicted octanol–water partition coefficient (Wildman–Crippen LogP) is 1.88. The molecule has 0 atom stereocenters. The summed E-state index contributed by atoms with van der Waals surface area (Å²) in [6, 6.07) is 9.40. The average molecular weight is 312 g/mol. The zero-order chi connectivity index (χ0) is 16.4. The van der Waals surface area contributed by atoms with Crippen molar-refractivity contribution in [2.24, 2.45) is 0 Å². The Morgan fingerprint density at radius 2 is 2.00 bits per heavy atom. The van der Waals surface area contributed by atoms with Gasteiger partial charge in [-0.15, -0.1) is 0 Å². The fourth-order valence-corrected chi connectivity index (χ4v) is 2.53. The van der Waals surface area contributed by atoms with Crippen molar-refractivity contribution >= 4 is 11.8 Å². The molecule has 3 rings (SSSR count). The molecular weight excluding hydrogens is 292 g/mol. The standard InChI is InChI=1S/C17H20N4O2/c1-11-9-15(20-19-11)17(23)21(14-7-8-14)10-12-3-5-13(6-4-12)16(22)18-2/h3-6,9,14H,7-8,10H2,1-2H3,(H,18,22)(H,19,20). The maximum Gasteiger partial charge on any atom is 0.274 e. The van der Waals surface area contributed by atoms with Crippen LogP contribution in [-0.2, 0) is 6.54 Å². The largest absolute Gasteiger partial charge is 0.355 e. The Morgan fingerprint density at radius 3 is 2.52 bits per heavy atom. The van der Waals surface area contributed by atoms with Crippen molar-refractivity contribution in [3.63, 3.8) is 0 Å². The molecular formula is C17H20N4O2. The second-order valence-corrected chi connectivity index (χ2v) is 5.88.